The molecular formula is C35H31BN3O2. The van der Waals surface area contributed by atoms with Gasteiger partial charge in [-0.25, -0.2) is 15.0 Å². The van der Waals surface area contributed by atoms with Gasteiger partial charge < -0.3 is 9.76 Å². The van der Waals surface area contributed by atoms with Gasteiger partial charge >= 0.3 is 7.48 Å². The lowest BCUT2D eigenvalue weighted by Crippen LogP contribution is -2.49. The summed E-state index contributed by atoms with van der Waals surface area (Å²) >= 11 is 0. The molecule has 5 aromatic carbocycles. The van der Waals surface area contributed by atoms with Crippen molar-refractivity contribution in [3.8, 4) is 34.2 Å². The van der Waals surface area contributed by atoms with E-state index in [9.17, 15) is 5.11 Å². The molecule has 1 radical (unpaired) electrons. The van der Waals surface area contributed by atoms with Crippen LogP contribution in [0, 0.1) is 0 Å². The quantitative estimate of drug-likeness (QED) is 0.223. The Labute approximate surface area is 241 Å². The minimum absolute atomic E-state index is 0.573. The molecule has 6 aromatic rings. The number of nitrogens with zero attached hydrogens (tertiary/aromatic N) is 3. The molecule has 0 unspecified atom stereocenters. The Bertz CT molecular complexity index is 1860. The zero-order chi connectivity index (χ0) is 28.6. The Morgan fingerprint density at radius 1 is 0.561 bits per heavy atom. The molecule has 0 atom stereocenters. The monoisotopic (exact) mass is 536 g/mol. The summed E-state index contributed by atoms with van der Waals surface area (Å²) in [6.07, 6.45) is 0. The van der Waals surface area contributed by atoms with Gasteiger partial charge in [-0.2, -0.15) is 0 Å². The van der Waals surface area contributed by atoms with E-state index in [1.165, 1.54) is 0 Å². The number of fused-ring (bicyclic) bond motifs is 2. The fourth-order valence-corrected chi connectivity index (χ4v) is 4.60. The van der Waals surface area contributed by atoms with E-state index in [0.717, 1.165) is 43.7 Å². The second kappa shape index (κ2) is 10.5. The van der Waals surface area contributed by atoms with E-state index in [4.69, 9.17) is 19.6 Å². The zero-order valence-electron chi connectivity index (χ0n) is 23.7. The van der Waals surface area contributed by atoms with Crippen LogP contribution >= 0.6 is 0 Å². The zero-order valence-corrected chi connectivity index (χ0v) is 23.7. The van der Waals surface area contributed by atoms with Crippen LogP contribution in [0.1, 0.15) is 27.7 Å². The number of aromatic nitrogens is 3. The fourth-order valence-electron chi connectivity index (χ4n) is 4.60. The number of rotatable bonds is 7. The predicted molar refractivity (Wildman–Crippen MR) is 168 cm³/mol. The number of benzene rings is 5. The van der Waals surface area contributed by atoms with Crippen molar-refractivity contribution >= 4 is 34.5 Å². The highest BCUT2D eigenvalue weighted by Crippen LogP contribution is 2.29. The predicted octanol–water partition coefficient (Wildman–Crippen LogP) is 6.99. The fraction of sp³-hybridized carbons (Fsp3) is 0.171. The lowest BCUT2D eigenvalue weighted by molar-refractivity contribution is -0.0893. The lowest BCUT2D eigenvalue weighted by Gasteiger charge is -2.37. The molecule has 6 rings (SSSR count). The second-order valence-corrected chi connectivity index (χ2v) is 11.3. The summed E-state index contributed by atoms with van der Waals surface area (Å²) in [5.41, 5.74) is 1.73. The summed E-state index contributed by atoms with van der Waals surface area (Å²) in [4.78, 5) is 14.8. The summed E-state index contributed by atoms with van der Waals surface area (Å²) < 4.78 is 6.18. The molecule has 0 aliphatic heterocycles. The van der Waals surface area contributed by atoms with Crippen LogP contribution in [0.5, 0.6) is 0 Å². The van der Waals surface area contributed by atoms with Crippen LogP contribution in [0.4, 0.5) is 0 Å². The van der Waals surface area contributed by atoms with Gasteiger partial charge in [-0.05, 0) is 66.8 Å². The van der Waals surface area contributed by atoms with Gasteiger partial charge in [0.15, 0.2) is 17.5 Å². The molecule has 41 heavy (non-hydrogen) atoms. The van der Waals surface area contributed by atoms with Gasteiger partial charge in [0.2, 0.25) is 0 Å². The standard InChI is InChI=1S/C35H31BN3O2/c1-34(2,40)35(3,4)41-36-30-22-28(21-26-16-10-11-17-29(26)30)33-38-31(24-13-6-5-7-14-24)37-32(39-33)27-19-18-23-12-8-9-15-25(23)20-27/h5-22,40H,1-4H3. The van der Waals surface area contributed by atoms with Gasteiger partial charge in [-0.3, -0.25) is 0 Å². The smallest absolute Gasteiger partial charge is 0.331 e. The third-order valence-electron chi connectivity index (χ3n) is 7.78. The summed E-state index contributed by atoms with van der Waals surface area (Å²) in [6, 6.07) is 36.8. The molecular weight excluding hydrogens is 505 g/mol. The Morgan fingerprint density at radius 3 is 1.83 bits per heavy atom. The average Bonchev–Trinajstić information content (AvgIpc) is 2.99. The van der Waals surface area contributed by atoms with Crippen LogP contribution < -0.4 is 5.46 Å². The number of hydrogen-bond acceptors (Lipinski definition) is 5. The molecule has 201 valence electrons. The summed E-state index contributed by atoms with van der Waals surface area (Å²) in [5, 5.41) is 15.0. The topological polar surface area (TPSA) is 68.1 Å². The number of aliphatic hydroxyl groups is 1. The highest BCUT2D eigenvalue weighted by Gasteiger charge is 2.36. The Kier molecular flexibility index (Phi) is 6.90. The lowest BCUT2D eigenvalue weighted by atomic mass is 9.79. The van der Waals surface area contributed by atoms with Crippen molar-refractivity contribution in [1.29, 1.82) is 0 Å². The summed E-state index contributed by atoms with van der Waals surface area (Å²) in [6.45, 7) is 7.26. The van der Waals surface area contributed by atoms with Gasteiger partial charge in [0.1, 0.15) is 0 Å². The van der Waals surface area contributed by atoms with Gasteiger partial charge in [0.05, 0.1) is 11.2 Å². The summed E-state index contributed by atoms with van der Waals surface area (Å²) in [7, 11) is 1.73. The Morgan fingerprint density at radius 2 is 1.12 bits per heavy atom. The third kappa shape index (κ3) is 5.49. The molecule has 0 bridgehead atoms. The molecule has 1 aromatic heterocycles. The summed E-state index contributed by atoms with van der Waals surface area (Å²) in [5.74, 6) is 1.79. The van der Waals surface area contributed by atoms with Gasteiger partial charge in [0.25, 0.3) is 0 Å². The van der Waals surface area contributed by atoms with E-state index < -0.39 is 11.2 Å². The van der Waals surface area contributed by atoms with E-state index in [1.54, 1.807) is 21.3 Å². The van der Waals surface area contributed by atoms with Crippen LogP contribution in [-0.4, -0.2) is 38.7 Å². The highest BCUT2D eigenvalue weighted by molar-refractivity contribution is 6.51. The maximum atomic E-state index is 10.6. The normalized spacial score (nSPS) is 12.1. The SMILES string of the molecule is CC(C)(O)C(C)(C)O[B]c1cc(-c2nc(-c3ccccc3)nc(-c3ccc4ccccc4c3)n2)cc2ccccc12. The first-order valence-electron chi connectivity index (χ1n) is 13.8. The van der Waals surface area contributed by atoms with Crippen molar-refractivity contribution in [2.75, 3.05) is 0 Å². The molecule has 0 spiro atoms. The van der Waals surface area contributed by atoms with Crippen LogP contribution in [0.2, 0.25) is 0 Å². The van der Waals surface area contributed by atoms with Crippen molar-refractivity contribution in [3.63, 3.8) is 0 Å². The van der Waals surface area contributed by atoms with E-state index in [1.807, 2.05) is 74.5 Å². The maximum absolute atomic E-state index is 10.6. The Hall–Kier alpha value is -4.39. The van der Waals surface area contributed by atoms with Crippen LogP contribution in [0.25, 0.3) is 55.7 Å². The van der Waals surface area contributed by atoms with E-state index in [2.05, 4.69) is 48.5 Å². The minimum atomic E-state index is -1.04. The maximum Gasteiger partial charge on any atom is 0.331 e. The average molecular weight is 536 g/mol. The number of hydrogen-bond donors (Lipinski definition) is 1. The highest BCUT2D eigenvalue weighted by atomic mass is 16.5. The van der Waals surface area contributed by atoms with E-state index in [-0.39, 0.29) is 0 Å². The van der Waals surface area contributed by atoms with Gasteiger partial charge in [0, 0.05) is 16.7 Å². The van der Waals surface area contributed by atoms with Gasteiger partial charge in [-0.1, -0.05) is 97.1 Å². The molecule has 0 aliphatic rings. The minimum Gasteiger partial charge on any atom is -0.427 e. The van der Waals surface area contributed by atoms with E-state index >= 15 is 0 Å². The molecule has 1 heterocycles. The largest absolute Gasteiger partial charge is 0.427 e. The van der Waals surface area contributed by atoms with Crippen LogP contribution in [0.3, 0.4) is 0 Å². The molecule has 6 heteroatoms. The van der Waals surface area contributed by atoms with Crippen LogP contribution in [0.15, 0.2) is 109 Å². The van der Waals surface area contributed by atoms with Crippen molar-refractivity contribution in [2.24, 2.45) is 0 Å². The van der Waals surface area contributed by atoms with Crippen molar-refractivity contribution in [1.82, 2.24) is 15.0 Å². The molecule has 0 fully saturated rings. The Balaban J connectivity index is 1.50. The van der Waals surface area contributed by atoms with Crippen LogP contribution in [-0.2, 0) is 4.65 Å². The first-order chi connectivity index (χ1) is 19.7. The van der Waals surface area contributed by atoms with Crippen molar-refractivity contribution in [2.45, 2.75) is 38.9 Å². The molecule has 1 N–H and O–H groups in total. The molecule has 0 saturated heterocycles. The van der Waals surface area contributed by atoms with Crippen molar-refractivity contribution in [3.05, 3.63) is 109 Å². The van der Waals surface area contributed by atoms with Crippen molar-refractivity contribution < 1.29 is 9.76 Å². The molecule has 0 aliphatic carbocycles. The molecule has 0 amide bonds. The second-order valence-electron chi connectivity index (χ2n) is 11.3. The first-order valence-corrected chi connectivity index (χ1v) is 13.8. The molecule has 5 nitrogen and oxygen atoms in total. The van der Waals surface area contributed by atoms with Gasteiger partial charge in [-0.15, -0.1) is 0 Å². The third-order valence-corrected chi connectivity index (χ3v) is 7.78. The molecule has 0 saturated carbocycles. The van der Waals surface area contributed by atoms with E-state index in [0.29, 0.717) is 17.5 Å². The first kappa shape index (κ1) is 26.8.